The smallest absolute Gasteiger partial charge is 0.342 e. The Balaban J connectivity index is 2.00. The molecule has 132 valence electrons. The average molecular weight is 403 g/mol. The van der Waals surface area contributed by atoms with Crippen LogP contribution < -0.4 is 10.1 Å². The van der Waals surface area contributed by atoms with Crippen molar-refractivity contribution >= 4 is 52.4 Å². The van der Waals surface area contributed by atoms with Gasteiger partial charge in [0.05, 0.1) is 22.3 Å². The number of esters is 1. The lowest BCUT2D eigenvalue weighted by Gasteiger charge is -2.11. The Morgan fingerprint density at radius 1 is 1.08 bits per heavy atom. The molecule has 0 bridgehead atoms. The van der Waals surface area contributed by atoms with Gasteiger partial charge >= 0.3 is 5.97 Å². The van der Waals surface area contributed by atoms with E-state index in [1.165, 1.54) is 12.1 Å². The minimum absolute atomic E-state index is 0.180. The fourth-order valence-electron chi connectivity index (χ4n) is 1.96. The molecule has 0 aliphatic rings. The van der Waals surface area contributed by atoms with Crippen LogP contribution in [0, 0.1) is 0 Å². The Morgan fingerprint density at radius 3 is 2.36 bits per heavy atom. The van der Waals surface area contributed by atoms with Crippen molar-refractivity contribution < 1.29 is 19.1 Å². The monoisotopic (exact) mass is 401 g/mol. The van der Waals surface area contributed by atoms with E-state index in [9.17, 15) is 9.59 Å². The van der Waals surface area contributed by atoms with Crippen LogP contribution >= 0.6 is 34.8 Å². The molecule has 0 fully saturated rings. The second-order valence-corrected chi connectivity index (χ2v) is 6.05. The fraction of sp³-hybridized carbons (Fsp3) is 0.176. The molecular weight excluding hydrogens is 389 g/mol. The van der Waals surface area contributed by atoms with Crippen molar-refractivity contribution in [1.29, 1.82) is 0 Å². The van der Waals surface area contributed by atoms with Gasteiger partial charge < -0.3 is 14.8 Å². The molecule has 0 aliphatic carbocycles. The number of nitrogens with one attached hydrogen (secondary N) is 1. The maximum atomic E-state index is 12.1. The Hall–Kier alpha value is -1.95. The number of anilines is 1. The van der Waals surface area contributed by atoms with Crippen LogP contribution in [0.3, 0.4) is 0 Å². The summed E-state index contributed by atoms with van der Waals surface area (Å²) in [5.74, 6) is -0.875. The van der Waals surface area contributed by atoms with Crippen LogP contribution in [-0.2, 0) is 9.53 Å². The van der Waals surface area contributed by atoms with Crippen molar-refractivity contribution in [1.82, 2.24) is 0 Å². The summed E-state index contributed by atoms with van der Waals surface area (Å²) < 4.78 is 10.4. The number of benzene rings is 2. The molecule has 0 aliphatic heterocycles. The number of carbonyl (C=O) groups excluding carboxylic acids is 2. The molecule has 1 N–H and O–H groups in total. The summed E-state index contributed by atoms with van der Waals surface area (Å²) in [6.45, 7) is 1.70. The highest BCUT2D eigenvalue weighted by Gasteiger charge is 2.16. The predicted molar refractivity (Wildman–Crippen MR) is 98.0 cm³/mol. The molecule has 0 radical (unpaired) electrons. The molecule has 2 aromatic rings. The maximum absolute atomic E-state index is 12.1. The van der Waals surface area contributed by atoms with Crippen molar-refractivity contribution in [3.05, 3.63) is 57.0 Å². The van der Waals surface area contributed by atoms with Gasteiger partial charge in [-0.15, -0.1) is 0 Å². The largest absolute Gasteiger partial charge is 0.493 e. The van der Waals surface area contributed by atoms with Crippen LogP contribution in [0.15, 0.2) is 36.4 Å². The number of carbonyl (C=O) groups is 2. The summed E-state index contributed by atoms with van der Waals surface area (Å²) in [5.41, 5.74) is 0.434. The fourth-order valence-corrected chi connectivity index (χ4v) is 2.87. The Labute approximate surface area is 159 Å². The van der Waals surface area contributed by atoms with E-state index in [1.807, 2.05) is 0 Å². The first-order valence-corrected chi connectivity index (χ1v) is 8.39. The number of hydrogen-bond donors (Lipinski definition) is 1. The number of ether oxygens (including phenoxy) is 2. The minimum Gasteiger partial charge on any atom is -0.493 e. The molecule has 25 heavy (non-hydrogen) atoms. The highest BCUT2D eigenvalue weighted by Crippen LogP contribution is 2.33. The van der Waals surface area contributed by atoms with Crippen molar-refractivity contribution in [2.75, 3.05) is 18.5 Å². The Kier molecular flexibility index (Phi) is 6.93. The molecule has 2 rings (SSSR count). The Bertz CT molecular complexity index is 772. The summed E-state index contributed by atoms with van der Waals surface area (Å²) in [7, 11) is 0. The van der Waals surface area contributed by atoms with Gasteiger partial charge in [-0.1, -0.05) is 46.9 Å². The lowest BCUT2D eigenvalue weighted by Crippen LogP contribution is -2.21. The zero-order chi connectivity index (χ0) is 18.4. The van der Waals surface area contributed by atoms with Gasteiger partial charge in [0.2, 0.25) is 0 Å². The van der Waals surface area contributed by atoms with Crippen molar-refractivity contribution in [3.63, 3.8) is 0 Å². The molecular formula is C17H14Cl3NO4. The van der Waals surface area contributed by atoms with Gasteiger partial charge in [-0.25, -0.2) is 4.79 Å². The van der Waals surface area contributed by atoms with E-state index >= 15 is 0 Å². The van der Waals surface area contributed by atoms with Crippen molar-refractivity contribution in [3.8, 4) is 5.75 Å². The minimum atomic E-state index is -0.674. The third-order valence-electron chi connectivity index (χ3n) is 3.01. The normalized spacial score (nSPS) is 10.2. The lowest BCUT2D eigenvalue weighted by molar-refractivity contribution is -0.119. The van der Waals surface area contributed by atoms with Crippen molar-refractivity contribution in [2.45, 2.75) is 6.92 Å². The van der Waals surface area contributed by atoms with E-state index in [-0.39, 0.29) is 21.3 Å². The summed E-state index contributed by atoms with van der Waals surface area (Å²) in [6, 6.07) is 9.49. The molecule has 2 aromatic carbocycles. The van der Waals surface area contributed by atoms with Crippen LogP contribution in [-0.4, -0.2) is 25.1 Å². The first-order chi connectivity index (χ1) is 11.9. The predicted octanol–water partition coefficient (Wildman–Crippen LogP) is 4.84. The van der Waals surface area contributed by atoms with Gasteiger partial charge in [0.15, 0.2) is 6.61 Å². The molecule has 5 nitrogen and oxygen atoms in total. The summed E-state index contributed by atoms with van der Waals surface area (Å²) in [4.78, 5) is 24.1. The molecule has 0 spiro atoms. The van der Waals surface area contributed by atoms with E-state index in [4.69, 9.17) is 44.3 Å². The quantitative estimate of drug-likeness (QED) is 0.702. The standard InChI is InChI=1S/C17H14Cl3NO4/c1-2-24-14-6-4-3-5-11(14)17(23)25-9-15(22)21-16-12(19)7-10(18)8-13(16)20/h3-8H,2,9H2,1H3,(H,21,22). The number of hydrogen-bond acceptors (Lipinski definition) is 4. The third-order valence-corrected chi connectivity index (χ3v) is 3.83. The molecule has 8 heteroatoms. The van der Waals surface area contributed by atoms with Gasteiger partial charge in [-0.3, -0.25) is 4.79 Å². The van der Waals surface area contributed by atoms with Crippen LogP contribution in [0.4, 0.5) is 5.69 Å². The second kappa shape index (κ2) is 8.94. The molecule has 1 amide bonds. The van der Waals surface area contributed by atoms with E-state index < -0.39 is 18.5 Å². The van der Waals surface area contributed by atoms with Gasteiger partial charge in [0.1, 0.15) is 11.3 Å². The first-order valence-electron chi connectivity index (χ1n) is 7.25. The van der Waals surface area contributed by atoms with Crippen LogP contribution in [0.2, 0.25) is 15.1 Å². The van der Waals surface area contributed by atoms with Crippen LogP contribution in [0.5, 0.6) is 5.75 Å². The average Bonchev–Trinajstić information content (AvgIpc) is 2.56. The van der Waals surface area contributed by atoms with Crippen LogP contribution in [0.25, 0.3) is 0 Å². The second-order valence-electron chi connectivity index (χ2n) is 4.80. The molecule has 0 atom stereocenters. The SMILES string of the molecule is CCOc1ccccc1C(=O)OCC(=O)Nc1c(Cl)cc(Cl)cc1Cl. The zero-order valence-corrected chi connectivity index (χ0v) is 15.4. The van der Waals surface area contributed by atoms with Gasteiger partial charge in [0, 0.05) is 5.02 Å². The van der Waals surface area contributed by atoms with Crippen LogP contribution in [0.1, 0.15) is 17.3 Å². The highest BCUT2D eigenvalue weighted by atomic mass is 35.5. The zero-order valence-electron chi connectivity index (χ0n) is 13.1. The van der Waals surface area contributed by atoms with Gasteiger partial charge in [0.25, 0.3) is 5.91 Å². The third kappa shape index (κ3) is 5.26. The lowest BCUT2D eigenvalue weighted by atomic mass is 10.2. The summed E-state index contributed by atoms with van der Waals surface area (Å²) >= 11 is 17.8. The topological polar surface area (TPSA) is 64.6 Å². The Morgan fingerprint density at radius 2 is 1.72 bits per heavy atom. The highest BCUT2D eigenvalue weighted by molar-refractivity contribution is 6.42. The summed E-state index contributed by atoms with van der Waals surface area (Å²) in [5, 5.41) is 3.18. The number of halogens is 3. The number of rotatable bonds is 6. The van der Waals surface area contributed by atoms with Gasteiger partial charge in [-0.2, -0.15) is 0 Å². The molecule has 0 heterocycles. The number of amides is 1. The number of para-hydroxylation sites is 1. The van der Waals surface area contributed by atoms with E-state index in [1.54, 1.807) is 31.2 Å². The van der Waals surface area contributed by atoms with Crippen molar-refractivity contribution in [2.24, 2.45) is 0 Å². The van der Waals surface area contributed by atoms with E-state index in [2.05, 4.69) is 5.32 Å². The summed E-state index contributed by atoms with van der Waals surface area (Å²) in [6.07, 6.45) is 0. The molecule has 0 saturated carbocycles. The van der Waals surface area contributed by atoms with Gasteiger partial charge in [-0.05, 0) is 31.2 Å². The molecule has 0 saturated heterocycles. The maximum Gasteiger partial charge on any atom is 0.342 e. The van der Waals surface area contributed by atoms with E-state index in [0.29, 0.717) is 17.4 Å². The first kappa shape index (κ1) is 19.4. The molecule has 0 unspecified atom stereocenters. The molecule has 0 aromatic heterocycles. The van der Waals surface area contributed by atoms with E-state index in [0.717, 1.165) is 0 Å².